The SMILES string of the molecule is COc1ccc2[nH]c(C(=O)N3CCC4(CCc5ccccc5O4)C3)cc2c1. The average molecular weight is 362 g/mol. The van der Waals surface area contributed by atoms with Gasteiger partial charge in [-0.25, -0.2) is 0 Å². The van der Waals surface area contributed by atoms with Crippen molar-refractivity contribution in [1.82, 2.24) is 9.88 Å². The zero-order valence-corrected chi connectivity index (χ0v) is 15.3. The summed E-state index contributed by atoms with van der Waals surface area (Å²) in [7, 11) is 1.64. The lowest BCUT2D eigenvalue weighted by molar-refractivity contribution is 0.0483. The Labute approximate surface area is 157 Å². The molecule has 1 atom stereocenters. The number of aromatic nitrogens is 1. The van der Waals surface area contributed by atoms with Crippen molar-refractivity contribution in [3.8, 4) is 11.5 Å². The second kappa shape index (κ2) is 6.05. The first-order valence-electron chi connectivity index (χ1n) is 9.39. The lowest BCUT2D eigenvalue weighted by atomic mass is 9.90. The quantitative estimate of drug-likeness (QED) is 0.755. The maximum Gasteiger partial charge on any atom is 0.270 e. The maximum atomic E-state index is 13.1. The number of nitrogens with zero attached hydrogens (tertiary/aromatic N) is 1. The van der Waals surface area contributed by atoms with E-state index in [1.165, 1.54) is 5.56 Å². The van der Waals surface area contributed by atoms with Crippen LogP contribution in [-0.4, -0.2) is 41.6 Å². The predicted molar refractivity (Wildman–Crippen MR) is 103 cm³/mol. The summed E-state index contributed by atoms with van der Waals surface area (Å²) >= 11 is 0. The summed E-state index contributed by atoms with van der Waals surface area (Å²) in [6.45, 7) is 1.36. The predicted octanol–water partition coefficient (Wildman–Crippen LogP) is 3.79. The lowest BCUT2D eigenvalue weighted by Gasteiger charge is -2.35. The Morgan fingerprint density at radius 2 is 2.07 bits per heavy atom. The van der Waals surface area contributed by atoms with E-state index in [9.17, 15) is 4.79 Å². The number of para-hydroxylation sites is 1. The number of benzene rings is 2. The number of likely N-dealkylation sites (tertiary alicyclic amines) is 1. The molecule has 27 heavy (non-hydrogen) atoms. The van der Waals surface area contributed by atoms with Crippen molar-refractivity contribution in [1.29, 1.82) is 0 Å². The Bertz CT molecular complexity index is 1030. The molecule has 0 saturated carbocycles. The molecule has 5 rings (SSSR count). The van der Waals surface area contributed by atoms with E-state index < -0.39 is 0 Å². The van der Waals surface area contributed by atoms with E-state index in [0.717, 1.165) is 48.2 Å². The fourth-order valence-corrected chi connectivity index (χ4v) is 4.29. The third-order valence-electron chi connectivity index (χ3n) is 5.81. The van der Waals surface area contributed by atoms with Crippen LogP contribution in [0, 0.1) is 0 Å². The fourth-order valence-electron chi connectivity index (χ4n) is 4.29. The van der Waals surface area contributed by atoms with Gasteiger partial charge in [-0.15, -0.1) is 0 Å². The van der Waals surface area contributed by atoms with E-state index >= 15 is 0 Å². The number of ether oxygens (including phenoxy) is 2. The maximum absolute atomic E-state index is 13.1. The normalized spacial score (nSPS) is 21.3. The molecule has 0 bridgehead atoms. The average Bonchev–Trinajstić information content (AvgIpc) is 3.31. The van der Waals surface area contributed by atoms with Gasteiger partial charge < -0.3 is 19.4 Å². The van der Waals surface area contributed by atoms with Crippen LogP contribution < -0.4 is 9.47 Å². The molecular weight excluding hydrogens is 340 g/mol. The van der Waals surface area contributed by atoms with Crippen LogP contribution in [0.15, 0.2) is 48.5 Å². The van der Waals surface area contributed by atoms with Gasteiger partial charge in [-0.1, -0.05) is 18.2 Å². The molecule has 5 nitrogen and oxygen atoms in total. The molecule has 2 aromatic carbocycles. The van der Waals surface area contributed by atoms with Gasteiger partial charge in [0.05, 0.1) is 13.7 Å². The largest absolute Gasteiger partial charge is 0.497 e. The van der Waals surface area contributed by atoms with Gasteiger partial charge in [-0.3, -0.25) is 4.79 Å². The summed E-state index contributed by atoms with van der Waals surface area (Å²) in [4.78, 5) is 18.2. The van der Waals surface area contributed by atoms with Crippen molar-refractivity contribution in [2.45, 2.75) is 24.9 Å². The molecule has 138 valence electrons. The number of methoxy groups -OCH3 is 1. The molecule has 3 aromatic rings. The molecule has 1 unspecified atom stereocenters. The number of carbonyl (C=O) groups excluding carboxylic acids is 1. The topological polar surface area (TPSA) is 54.6 Å². The summed E-state index contributed by atoms with van der Waals surface area (Å²) < 4.78 is 11.6. The molecule has 1 fully saturated rings. The molecule has 5 heteroatoms. The van der Waals surface area contributed by atoms with Crippen LogP contribution in [0.3, 0.4) is 0 Å². The molecule has 1 aromatic heterocycles. The number of hydrogen-bond donors (Lipinski definition) is 1. The van der Waals surface area contributed by atoms with Crippen molar-refractivity contribution in [2.75, 3.05) is 20.2 Å². The van der Waals surface area contributed by atoms with Crippen molar-refractivity contribution in [3.63, 3.8) is 0 Å². The summed E-state index contributed by atoms with van der Waals surface area (Å²) in [5.41, 5.74) is 2.57. The molecule has 0 radical (unpaired) electrons. The number of aryl methyl sites for hydroxylation is 1. The van der Waals surface area contributed by atoms with Crippen molar-refractivity contribution >= 4 is 16.8 Å². The number of aromatic amines is 1. The van der Waals surface area contributed by atoms with Crippen LogP contribution in [0.4, 0.5) is 0 Å². The van der Waals surface area contributed by atoms with Crippen LogP contribution in [0.25, 0.3) is 10.9 Å². The molecule has 2 aliphatic heterocycles. The third kappa shape index (κ3) is 2.74. The standard InChI is InChI=1S/C22H22N2O3/c1-26-17-6-7-18-16(12-17)13-19(23-18)21(25)24-11-10-22(14-24)9-8-15-4-2-3-5-20(15)27-22/h2-7,12-13,23H,8-11,14H2,1H3. The van der Waals surface area contributed by atoms with E-state index in [4.69, 9.17) is 9.47 Å². The van der Waals surface area contributed by atoms with Crippen LogP contribution in [-0.2, 0) is 6.42 Å². The second-order valence-electron chi connectivity index (χ2n) is 7.51. The molecule has 1 saturated heterocycles. The highest BCUT2D eigenvalue weighted by molar-refractivity contribution is 5.98. The van der Waals surface area contributed by atoms with E-state index in [0.29, 0.717) is 12.2 Å². The molecule has 2 aliphatic rings. The minimum absolute atomic E-state index is 0.0319. The Morgan fingerprint density at radius 3 is 2.96 bits per heavy atom. The van der Waals surface area contributed by atoms with Gasteiger partial charge in [0.2, 0.25) is 0 Å². The van der Waals surface area contributed by atoms with E-state index in [2.05, 4.69) is 17.1 Å². The smallest absolute Gasteiger partial charge is 0.270 e. The van der Waals surface area contributed by atoms with Gasteiger partial charge in [-0.2, -0.15) is 0 Å². The lowest BCUT2D eigenvalue weighted by Crippen LogP contribution is -2.43. The monoisotopic (exact) mass is 362 g/mol. The van der Waals surface area contributed by atoms with E-state index in [1.807, 2.05) is 41.3 Å². The van der Waals surface area contributed by atoms with Gasteiger partial charge in [0.15, 0.2) is 0 Å². The number of H-pyrrole nitrogens is 1. The fraction of sp³-hybridized carbons (Fsp3) is 0.318. The summed E-state index contributed by atoms with van der Waals surface area (Å²) in [5.74, 6) is 1.79. The number of hydrogen-bond acceptors (Lipinski definition) is 3. The van der Waals surface area contributed by atoms with Crippen molar-refractivity contribution < 1.29 is 14.3 Å². The highest BCUT2D eigenvalue weighted by Gasteiger charge is 2.44. The minimum atomic E-state index is -0.251. The van der Waals surface area contributed by atoms with Gasteiger partial charge >= 0.3 is 0 Å². The number of rotatable bonds is 2. The summed E-state index contributed by atoms with van der Waals surface area (Å²) in [5, 5.41) is 0.981. The number of nitrogens with one attached hydrogen (secondary N) is 1. The zero-order chi connectivity index (χ0) is 18.4. The second-order valence-corrected chi connectivity index (χ2v) is 7.51. The molecule has 3 heterocycles. The number of carbonyl (C=O) groups is 1. The first-order valence-corrected chi connectivity index (χ1v) is 9.39. The Kier molecular flexibility index (Phi) is 3.64. The summed E-state index contributed by atoms with van der Waals surface area (Å²) in [6, 6.07) is 15.9. The highest BCUT2D eigenvalue weighted by Crippen LogP contribution is 2.39. The van der Waals surface area contributed by atoms with Gasteiger partial charge in [-0.05, 0) is 48.7 Å². The van der Waals surface area contributed by atoms with E-state index in [1.54, 1.807) is 7.11 Å². The first-order chi connectivity index (χ1) is 13.2. The third-order valence-corrected chi connectivity index (χ3v) is 5.81. The van der Waals surface area contributed by atoms with Gasteiger partial charge in [0.1, 0.15) is 22.8 Å². The Hall–Kier alpha value is -2.95. The van der Waals surface area contributed by atoms with Crippen molar-refractivity contribution in [3.05, 3.63) is 59.8 Å². The van der Waals surface area contributed by atoms with Crippen molar-refractivity contribution in [2.24, 2.45) is 0 Å². The number of amides is 1. The summed E-state index contributed by atoms with van der Waals surface area (Å²) in [6.07, 6.45) is 2.84. The molecule has 0 aliphatic carbocycles. The van der Waals surface area contributed by atoms with Crippen LogP contribution in [0.5, 0.6) is 11.5 Å². The first kappa shape index (κ1) is 16.2. The minimum Gasteiger partial charge on any atom is -0.497 e. The van der Waals surface area contributed by atoms with Gasteiger partial charge in [0.25, 0.3) is 5.91 Å². The van der Waals surface area contributed by atoms with Crippen LogP contribution in [0.2, 0.25) is 0 Å². The van der Waals surface area contributed by atoms with Crippen LogP contribution >= 0.6 is 0 Å². The molecule has 1 N–H and O–H groups in total. The highest BCUT2D eigenvalue weighted by atomic mass is 16.5. The molecule has 1 spiro atoms. The Morgan fingerprint density at radius 1 is 1.19 bits per heavy atom. The van der Waals surface area contributed by atoms with E-state index in [-0.39, 0.29) is 11.5 Å². The zero-order valence-electron chi connectivity index (χ0n) is 15.3. The molecule has 1 amide bonds. The number of fused-ring (bicyclic) bond motifs is 2. The van der Waals surface area contributed by atoms with Crippen LogP contribution in [0.1, 0.15) is 28.9 Å². The van der Waals surface area contributed by atoms with Gasteiger partial charge in [0, 0.05) is 23.9 Å². The molecular formula is C22H22N2O3. The Balaban J connectivity index is 1.36.